The van der Waals surface area contributed by atoms with E-state index in [4.69, 9.17) is 9.47 Å². The zero-order valence-corrected chi connectivity index (χ0v) is 38.4. The minimum Gasteiger partial charge on any atom is -0.445 e. The standard InChI is InChI=1S/C48H72N6O8/c1-33(2)28-37(51-45(59)62-46(3,4)5)25-24-36(29-34-18-12-10-13-19-34)43(57)53-27-17-23-40(53)42(56)52-39(22-16-26-49-44(58)61-32-35-20-14-11-15-21-35)41(55)50-38-30-47(6,7)54(60)48(8,9)31-38/h10-15,18-21,24-25,33,36-40,60H,16-17,22-23,26-32H2,1-9H3,(H,49,58)(H,50,55)(H,51,59)(H,52,56)/b25-24+/t36-,37-,39+,40-/m1/s1. The van der Waals surface area contributed by atoms with Gasteiger partial charge in [-0.3, -0.25) is 14.4 Å². The van der Waals surface area contributed by atoms with E-state index >= 15 is 0 Å². The second kappa shape index (κ2) is 22.4. The van der Waals surface area contributed by atoms with Crippen LogP contribution in [0.15, 0.2) is 72.8 Å². The Bertz CT molecular complexity index is 1790. The molecule has 5 N–H and O–H groups in total. The Labute approximate surface area is 368 Å². The fourth-order valence-electron chi connectivity index (χ4n) is 8.52. The van der Waals surface area contributed by atoms with Crippen molar-refractivity contribution in [3.63, 3.8) is 0 Å². The number of likely N-dealkylation sites (tertiary alicyclic amines) is 1. The SMILES string of the molecule is CC(C)C[C@@H](/C=C/[C@H](Cc1ccccc1)C(=O)N1CCC[C@@H]1C(=O)N[C@@H](CCCNC(=O)OCc1ccccc1)C(=O)NC1CC(C)(C)N(O)C(C)(C)C1)NC(=O)OC(C)(C)C. The van der Waals surface area contributed by atoms with Gasteiger partial charge in [-0.2, -0.15) is 5.06 Å². The first kappa shape index (κ1) is 49.7. The Morgan fingerprint density at radius 2 is 1.48 bits per heavy atom. The fraction of sp³-hybridized carbons (Fsp3) is 0.604. The number of hydrogen-bond donors (Lipinski definition) is 5. The first-order valence-electron chi connectivity index (χ1n) is 22.2. The summed E-state index contributed by atoms with van der Waals surface area (Å²) in [6.07, 6.45) is 6.15. The number of hydrogen-bond acceptors (Lipinski definition) is 9. The molecule has 0 bridgehead atoms. The summed E-state index contributed by atoms with van der Waals surface area (Å²) < 4.78 is 10.9. The number of hydroxylamine groups is 2. The van der Waals surface area contributed by atoms with Gasteiger partial charge in [-0.25, -0.2) is 9.59 Å². The number of nitrogens with zero attached hydrogens (tertiary/aromatic N) is 2. The molecule has 0 aliphatic carbocycles. The van der Waals surface area contributed by atoms with Crippen LogP contribution in [0.2, 0.25) is 0 Å². The van der Waals surface area contributed by atoms with E-state index in [0.29, 0.717) is 51.5 Å². The van der Waals surface area contributed by atoms with Gasteiger partial charge in [0.05, 0.1) is 12.0 Å². The van der Waals surface area contributed by atoms with Crippen LogP contribution in [0.25, 0.3) is 0 Å². The van der Waals surface area contributed by atoms with Crippen molar-refractivity contribution in [1.82, 2.24) is 31.2 Å². The quantitative estimate of drug-likeness (QED) is 0.0776. The molecule has 0 radical (unpaired) electrons. The Morgan fingerprint density at radius 3 is 2.08 bits per heavy atom. The summed E-state index contributed by atoms with van der Waals surface area (Å²) in [7, 11) is 0. The van der Waals surface area contributed by atoms with Crippen molar-refractivity contribution in [3.05, 3.63) is 83.9 Å². The van der Waals surface area contributed by atoms with Gasteiger partial charge in [0, 0.05) is 30.2 Å². The van der Waals surface area contributed by atoms with Gasteiger partial charge in [-0.05, 0) is 117 Å². The zero-order valence-electron chi connectivity index (χ0n) is 38.4. The Balaban J connectivity index is 1.51. The molecular formula is C48H72N6O8. The highest BCUT2D eigenvalue weighted by atomic mass is 16.6. The highest BCUT2D eigenvalue weighted by Crippen LogP contribution is 2.36. The Hall–Kier alpha value is -4.95. The van der Waals surface area contributed by atoms with E-state index < -0.39 is 58.8 Å². The molecule has 4 atom stereocenters. The van der Waals surface area contributed by atoms with Crippen LogP contribution in [0.3, 0.4) is 0 Å². The number of nitrogens with one attached hydrogen (secondary N) is 4. The van der Waals surface area contributed by atoms with Crippen LogP contribution in [0.4, 0.5) is 9.59 Å². The van der Waals surface area contributed by atoms with Crippen molar-refractivity contribution >= 4 is 29.9 Å². The number of rotatable bonds is 18. The monoisotopic (exact) mass is 861 g/mol. The lowest BCUT2D eigenvalue weighted by molar-refractivity contribution is -0.246. The number of amides is 5. The molecule has 5 amide bonds. The molecule has 14 nitrogen and oxygen atoms in total. The van der Waals surface area contributed by atoms with Crippen LogP contribution in [0, 0.1) is 11.8 Å². The largest absolute Gasteiger partial charge is 0.445 e. The first-order valence-corrected chi connectivity index (χ1v) is 22.2. The van der Waals surface area contributed by atoms with Gasteiger partial charge in [-0.15, -0.1) is 0 Å². The average molecular weight is 861 g/mol. The van der Waals surface area contributed by atoms with Gasteiger partial charge in [0.25, 0.3) is 0 Å². The van der Waals surface area contributed by atoms with Crippen LogP contribution >= 0.6 is 0 Å². The van der Waals surface area contributed by atoms with Crippen LogP contribution in [0.1, 0.15) is 118 Å². The summed E-state index contributed by atoms with van der Waals surface area (Å²) >= 11 is 0. The predicted molar refractivity (Wildman–Crippen MR) is 239 cm³/mol. The van der Waals surface area contributed by atoms with E-state index in [1.165, 1.54) is 5.06 Å². The fourth-order valence-corrected chi connectivity index (χ4v) is 8.52. The van der Waals surface area contributed by atoms with Crippen LogP contribution in [-0.2, 0) is 36.9 Å². The van der Waals surface area contributed by atoms with Gasteiger partial charge in [0.1, 0.15) is 24.3 Å². The third kappa shape index (κ3) is 15.7. The van der Waals surface area contributed by atoms with Gasteiger partial charge in [-0.1, -0.05) is 86.7 Å². The van der Waals surface area contributed by atoms with Crippen molar-refractivity contribution in [1.29, 1.82) is 0 Å². The van der Waals surface area contributed by atoms with Crippen LogP contribution < -0.4 is 21.3 Å². The zero-order chi connectivity index (χ0) is 45.7. The Kier molecular flexibility index (Phi) is 18.0. The second-order valence-corrected chi connectivity index (χ2v) is 19.5. The van der Waals surface area contributed by atoms with Crippen molar-refractivity contribution in [3.8, 4) is 0 Å². The molecule has 2 aromatic carbocycles. The average Bonchev–Trinajstić information content (AvgIpc) is 3.68. The summed E-state index contributed by atoms with van der Waals surface area (Å²) in [5.41, 5.74) is -0.0971. The van der Waals surface area contributed by atoms with Crippen LogP contribution in [0.5, 0.6) is 0 Å². The molecule has 2 aliphatic heterocycles. The molecule has 0 aromatic heterocycles. The smallest absolute Gasteiger partial charge is 0.408 e. The van der Waals surface area contributed by atoms with Gasteiger partial charge in [0.2, 0.25) is 17.7 Å². The van der Waals surface area contributed by atoms with Gasteiger partial charge < -0.3 is 40.8 Å². The summed E-state index contributed by atoms with van der Waals surface area (Å²) in [6, 6.07) is 16.6. The number of carbonyl (C=O) groups is 5. The maximum absolute atomic E-state index is 14.6. The molecule has 2 saturated heterocycles. The normalized spacial score (nSPS) is 19.3. The number of ether oxygens (including phenoxy) is 2. The van der Waals surface area contributed by atoms with Crippen molar-refractivity contribution in [2.75, 3.05) is 13.1 Å². The van der Waals surface area contributed by atoms with Gasteiger partial charge in [0.15, 0.2) is 0 Å². The van der Waals surface area contributed by atoms with E-state index in [-0.39, 0.29) is 43.3 Å². The molecule has 2 fully saturated rings. The summed E-state index contributed by atoms with van der Waals surface area (Å²) in [5, 5.41) is 24.1. The minimum absolute atomic E-state index is 0.118. The molecule has 4 rings (SSSR count). The lowest BCUT2D eigenvalue weighted by Gasteiger charge is -2.51. The molecule has 342 valence electrons. The van der Waals surface area contributed by atoms with E-state index in [1.807, 2.05) is 101 Å². The third-order valence-corrected chi connectivity index (χ3v) is 11.2. The molecule has 2 aliphatic rings. The molecule has 14 heteroatoms. The van der Waals surface area contributed by atoms with E-state index in [9.17, 15) is 29.2 Å². The number of alkyl carbamates (subject to hydrolysis) is 2. The molecular weight excluding hydrogens is 789 g/mol. The second-order valence-electron chi connectivity index (χ2n) is 19.5. The van der Waals surface area contributed by atoms with Crippen molar-refractivity contribution in [2.45, 2.75) is 161 Å². The topological polar surface area (TPSA) is 179 Å². The lowest BCUT2D eigenvalue weighted by atomic mass is 9.79. The van der Waals surface area contributed by atoms with Gasteiger partial charge >= 0.3 is 12.2 Å². The number of piperidine rings is 1. The summed E-state index contributed by atoms with van der Waals surface area (Å²) in [4.78, 5) is 69.9. The third-order valence-electron chi connectivity index (χ3n) is 11.2. The molecule has 0 spiro atoms. The summed E-state index contributed by atoms with van der Waals surface area (Å²) in [6.45, 7) is 17.9. The Morgan fingerprint density at radius 1 is 0.871 bits per heavy atom. The maximum atomic E-state index is 14.6. The van der Waals surface area contributed by atoms with Crippen molar-refractivity contribution < 1.29 is 38.7 Å². The van der Waals surface area contributed by atoms with Crippen molar-refractivity contribution in [2.24, 2.45) is 11.8 Å². The number of carbonyl (C=O) groups excluding carboxylic acids is 5. The lowest BCUT2D eigenvalue weighted by Crippen LogP contribution is -2.64. The van der Waals surface area contributed by atoms with E-state index in [0.717, 1.165) is 11.1 Å². The summed E-state index contributed by atoms with van der Waals surface area (Å²) in [5.74, 6) is -1.42. The molecule has 0 saturated carbocycles. The van der Waals surface area contributed by atoms with E-state index in [2.05, 4.69) is 35.1 Å². The molecule has 2 aromatic rings. The van der Waals surface area contributed by atoms with Crippen LogP contribution in [-0.4, -0.2) is 99.0 Å². The van der Waals surface area contributed by atoms with E-state index in [1.54, 1.807) is 25.7 Å². The molecule has 0 unspecified atom stereocenters. The first-order chi connectivity index (χ1) is 29.1. The highest BCUT2D eigenvalue weighted by Gasteiger charge is 2.46. The maximum Gasteiger partial charge on any atom is 0.408 e. The predicted octanol–water partition coefficient (Wildman–Crippen LogP) is 7.05. The number of benzene rings is 2. The molecule has 62 heavy (non-hydrogen) atoms. The minimum atomic E-state index is -0.962. The highest BCUT2D eigenvalue weighted by molar-refractivity contribution is 5.93. The molecule has 2 heterocycles.